The number of amides is 1. The van der Waals surface area contributed by atoms with E-state index in [0.29, 0.717) is 15.6 Å². The Balaban J connectivity index is 1.75. The Morgan fingerprint density at radius 3 is 2.29 bits per heavy atom. The molecule has 4 rings (SSSR count). The molecule has 0 saturated heterocycles. The van der Waals surface area contributed by atoms with Gasteiger partial charge >= 0.3 is 0 Å². The van der Waals surface area contributed by atoms with Gasteiger partial charge < -0.3 is 5.32 Å². The van der Waals surface area contributed by atoms with Gasteiger partial charge in [0, 0.05) is 21.8 Å². The minimum atomic E-state index is -0.467. The predicted molar refractivity (Wildman–Crippen MR) is 140 cm³/mol. The number of pyridine rings is 1. The first-order chi connectivity index (χ1) is 16.4. The van der Waals surface area contributed by atoms with E-state index in [9.17, 15) is 10.1 Å². The average Bonchev–Trinajstić information content (AvgIpc) is 2.85. The molecule has 0 bridgehead atoms. The molecule has 0 radical (unpaired) electrons. The lowest BCUT2D eigenvalue weighted by atomic mass is 9.99. The SMILES string of the molecule is Cc1ccc(-c2cc(-c3ccc(Cl)cc3)c(C#N)c(S[C@@H](C)C(=O)Nc3ccccc3)n2)cc1. The number of aromatic nitrogens is 1. The van der Waals surface area contributed by atoms with E-state index in [1.54, 1.807) is 12.1 Å². The molecule has 3 aromatic carbocycles. The minimum absolute atomic E-state index is 0.157. The first-order valence-electron chi connectivity index (χ1n) is 10.8. The van der Waals surface area contributed by atoms with Crippen molar-refractivity contribution >= 4 is 35.0 Å². The summed E-state index contributed by atoms with van der Waals surface area (Å²) >= 11 is 7.36. The third kappa shape index (κ3) is 5.48. The maximum atomic E-state index is 12.8. The zero-order valence-electron chi connectivity index (χ0n) is 18.7. The van der Waals surface area contributed by atoms with E-state index in [0.717, 1.165) is 33.6 Å². The van der Waals surface area contributed by atoms with Crippen LogP contribution in [0.4, 0.5) is 5.69 Å². The van der Waals surface area contributed by atoms with Gasteiger partial charge in [-0.25, -0.2) is 4.98 Å². The quantitative estimate of drug-likeness (QED) is 0.291. The number of nitrogens with one attached hydrogen (secondary N) is 1. The molecule has 0 aliphatic heterocycles. The van der Waals surface area contributed by atoms with Crippen LogP contribution in [0.1, 0.15) is 18.1 Å². The van der Waals surface area contributed by atoms with Crippen LogP contribution in [0.3, 0.4) is 0 Å². The number of benzene rings is 3. The van der Waals surface area contributed by atoms with Gasteiger partial charge in [-0.05, 0) is 49.7 Å². The molecule has 34 heavy (non-hydrogen) atoms. The van der Waals surface area contributed by atoms with Crippen LogP contribution >= 0.6 is 23.4 Å². The number of carbonyl (C=O) groups excluding carboxylic acids is 1. The Bertz CT molecular complexity index is 1350. The van der Waals surface area contributed by atoms with E-state index in [1.165, 1.54) is 11.8 Å². The first kappa shape index (κ1) is 23.6. The van der Waals surface area contributed by atoms with Gasteiger partial charge in [0.2, 0.25) is 5.91 Å². The number of nitrogens with zero attached hydrogens (tertiary/aromatic N) is 2. The summed E-state index contributed by atoms with van der Waals surface area (Å²) in [6.45, 7) is 3.84. The fourth-order valence-corrected chi connectivity index (χ4v) is 4.48. The Kier molecular flexibility index (Phi) is 7.32. The van der Waals surface area contributed by atoms with Crippen molar-refractivity contribution < 1.29 is 4.79 Å². The van der Waals surface area contributed by atoms with Gasteiger partial charge in [-0.2, -0.15) is 5.26 Å². The van der Waals surface area contributed by atoms with Gasteiger partial charge in [0.15, 0.2) is 0 Å². The van der Waals surface area contributed by atoms with Crippen LogP contribution in [0, 0.1) is 18.3 Å². The molecule has 0 spiro atoms. The van der Waals surface area contributed by atoms with Crippen molar-refractivity contribution in [3.05, 3.63) is 101 Å². The highest BCUT2D eigenvalue weighted by molar-refractivity contribution is 8.00. The summed E-state index contributed by atoms with van der Waals surface area (Å²) in [7, 11) is 0. The normalized spacial score (nSPS) is 11.5. The van der Waals surface area contributed by atoms with Crippen LogP contribution in [0.25, 0.3) is 22.4 Å². The number of halogens is 1. The number of para-hydroxylation sites is 1. The molecule has 0 unspecified atom stereocenters. The number of hydrogen-bond acceptors (Lipinski definition) is 4. The number of hydrogen-bond donors (Lipinski definition) is 1. The molecular weight excluding hydrogens is 462 g/mol. The Hall–Kier alpha value is -3.59. The second kappa shape index (κ2) is 10.6. The van der Waals surface area contributed by atoms with E-state index in [1.807, 2.05) is 86.6 Å². The molecule has 0 aliphatic carbocycles. The summed E-state index contributed by atoms with van der Waals surface area (Å²) in [5.74, 6) is -0.157. The summed E-state index contributed by atoms with van der Waals surface area (Å²) in [4.78, 5) is 17.7. The van der Waals surface area contributed by atoms with Crippen LogP contribution in [0.5, 0.6) is 0 Å². The highest BCUT2D eigenvalue weighted by atomic mass is 35.5. The monoisotopic (exact) mass is 483 g/mol. The molecule has 168 valence electrons. The summed E-state index contributed by atoms with van der Waals surface area (Å²) in [6, 6.07) is 29.0. The number of nitriles is 1. The van der Waals surface area contributed by atoms with E-state index >= 15 is 0 Å². The zero-order valence-corrected chi connectivity index (χ0v) is 20.3. The molecule has 1 amide bonds. The highest BCUT2D eigenvalue weighted by Crippen LogP contribution is 2.36. The number of thioether (sulfide) groups is 1. The van der Waals surface area contributed by atoms with Crippen molar-refractivity contribution in [3.8, 4) is 28.5 Å². The van der Waals surface area contributed by atoms with E-state index < -0.39 is 5.25 Å². The molecular formula is C28H22ClN3OS. The van der Waals surface area contributed by atoms with E-state index in [2.05, 4.69) is 11.4 Å². The van der Waals surface area contributed by atoms with Gasteiger partial charge in [-0.15, -0.1) is 0 Å². The molecule has 1 aromatic heterocycles. The first-order valence-corrected chi connectivity index (χ1v) is 12.0. The van der Waals surface area contributed by atoms with E-state index in [-0.39, 0.29) is 5.91 Å². The third-order valence-electron chi connectivity index (χ3n) is 5.30. The van der Waals surface area contributed by atoms with Crippen LogP contribution in [-0.2, 0) is 4.79 Å². The van der Waals surface area contributed by atoms with Crippen molar-refractivity contribution in [2.45, 2.75) is 24.1 Å². The number of rotatable bonds is 6. The van der Waals surface area contributed by atoms with Crippen LogP contribution in [-0.4, -0.2) is 16.1 Å². The Morgan fingerprint density at radius 2 is 1.65 bits per heavy atom. The topological polar surface area (TPSA) is 65.8 Å². The Labute approximate surface area is 208 Å². The highest BCUT2D eigenvalue weighted by Gasteiger charge is 2.21. The van der Waals surface area contributed by atoms with Crippen molar-refractivity contribution in [2.24, 2.45) is 0 Å². The molecule has 4 aromatic rings. The average molecular weight is 484 g/mol. The van der Waals surface area contributed by atoms with Crippen molar-refractivity contribution in [2.75, 3.05) is 5.32 Å². The molecule has 0 saturated carbocycles. The predicted octanol–water partition coefficient (Wildman–Crippen LogP) is 7.37. The van der Waals surface area contributed by atoms with Crippen molar-refractivity contribution in [1.29, 1.82) is 5.26 Å². The summed E-state index contributed by atoms with van der Waals surface area (Å²) in [5, 5.41) is 13.7. The molecule has 0 fully saturated rings. The lowest BCUT2D eigenvalue weighted by molar-refractivity contribution is -0.115. The van der Waals surface area contributed by atoms with Crippen LogP contribution < -0.4 is 5.32 Å². The van der Waals surface area contributed by atoms with Crippen LogP contribution in [0.15, 0.2) is 90.0 Å². The van der Waals surface area contributed by atoms with Gasteiger partial charge in [0.1, 0.15) is 11.1 Å². The lowest BCUT2D eigenvalue weighted by Gasteiger charge is -2.16. The lowest BCUT2D eigenvalue weighted by Crippen LogP contribution is -2.22. The van der Waals surface area contributed by atoms with E-state index in [4.69, 9.17) is 16.6 Å². The fourth-order valence-electron chi connectivity index (χ4n) is 3.43. The standard InChI is InChI=1S/C28H22ClN3OS/c1-18-8-10-21(11-9-18)26-16-24(20-12-14-22(29)15-13-20)25(17-30)28(32-26)34-19(2)27(33)31-23-6-4-3-5-7-23/h3-16,19H,1-2H3,(H,31,33)/t19-/m0/s1. The Morgan fingerprint density at radius 1 is 1.00 bits per heavy atom. The third-order valence-corrected chi connectivity index (χ3v) is 6.64. The second-order valence-electron chi connectivity index (χ2n) is 7.84. The summed E-state index contributed by atoms with van der Waals surface area (Å²) in [5.41, 5.74) is 5.60. The molecule has 6 heteroatoms. The molecule has 4 nitrogen and oxygen atoms in total. The molecule has 1 atom stereocenters. The maximum Gasteiger partial charge on any atom is 0.237 e. The number of anilines is 1. The molecule has 1 heterocycles. The zero-order chi connectivity index (χ0) is 24.1. The van der Waals surface area contributed by atoms with Crippen LogP contribution in [0.2, 0.25) is 5.02 Å². The minimum Gasteiger partial charge on any atom is -0.325 e. The van der Waals surface area contributed by atoms with Crippen molar-refractivity contribution in [3.63, 3.8) is 0 Å². The van der Waals surface area contributed by atoms with Crippen molar-refractivity contribution in [1.82, 2.24) is 4.98 Å². The van der Waals surface area contributed by atoms with Gasteiger partial charge in [0.25, 0.3) is 0 Å². The van der Waals surface area contributed by atoms with Gasteiger partial charge in [-0.3, -0.25) is 4.79 Å². The molecule has 0 aliphatic rings. The number of carbonyl (C=O) groups is 1. The largest absolute Gasteiger partial charge is 0.325 e. The maximum absolute atomic E-state index is 12.8. The molecule has 1 N–H and O–H groups in total. The van der Waals surface area contributed by atoms with Gasteiger partial charge in [0.05, 0.1) is 16.5 Å². The second-order valence-corrected chi connectivity index (χ2v) is 9.60. The summed E-state index contributed by atoms with van der Waals surface area (Å²) in [6.07, 6.45) is 0. The summed E-state index contributed by atoms with van der Waals surface area (Å²) < 4.78 is 0. The number of aryl methyl sites for hydroxylation is 1. The fraction of sp³-hybridized carbons (Fsp3) is 0.107. The smallest absolute Gasteiger partial charge is 0.237 e. The van der Waals surface area contributed by atoms with Gasteiger partial charge in [-0.1, -0.05) is 83.5 Å².